The Morgan fingerprint density at radius 3 is 2.23 bits per heavy atom. The molecule has 0 saturated heterocycles. The molecule has 6 nitrogen and oxygen atoms in total. The summed E-state index contributed by atoms with van der Waals surface area (Å²) in [5.41, 5.74) is 8.38. The van der Waals surface area contributed by atoms with Crippen molar-refractivity contribution in [3.63, 3.8) is 0 Å². The number of carbonyl (C=O) groups is 2. The normalized spacial score (nSPS) is 11.3. The van der Waals surface area contributed by atoms with E-state index in [1.54, 1.807) is 18.2 Å². The minimum absolute atomic E-state index is 0.140. The molecule has 6 heteroatoms. The van der Waals surface area contributed by atoms with Crippen molar-refractivity contribution in [3.8, 4) is 17.2 Å². The summed E-state index contributed by atoms with van der Waals surface area (Å²) in [6.45, 7) is 10.9. The number of aryl methyl sites for hydroxylation is 1. The van der Waals surface area contributed by atoms with Gasteiger partial charge in [0, 0.05) is 35.2 Å². The summed E-state index contributed by atoms with van der Waals surface area (Å²) < 4.78 is 7.90. The van der Waals surface area contributed by atoms with Gasteiger partial charge in [-0.15, -0.1) is 0 Å². The Balaban J connectivity index is 1.34. The third-order valence-electron chi connectivity index (χ3n) is 7.59. The molecular formula is C37H35N3O3. The number of nitriles is 1. The number of hydrogen-bond acceptors (Lipinski definition) is 4. The molecule has 5 aromatic rings. The van der Waals surface area contributed by atoms with E-state index >= 15 is 0 Å². The lowest BCUT2D eigenvalue weighted by molar-refractivity contribution is 0.00703. The Morgan fingerprint density at radius 2 is 1.56 bits per heavy atom. The molecule has 5 rings (SSSR count). The number of fused-ring (bicyclic) bond motifs is 1. The molecule has 216 valence electrons. The molecule has 1 amide bonds. The minimum atomic E-state index is -0.569. The van der Waals surface area contributed by atoms with Crippen LogP contribution in [0.5, 0.6) is 0 Å². The maximum absolute atomic E-state index is 13.0. The van der Waals surface area contributed by atoms with Gasteiger partial charge in [0.1, 0.15) is 5.60 Å². The van der Waals surface area contributed by atoms with Gasteiger partial charge in [-0.3, -0.25) is 4.79 Å². The predicted octanol–water partition coefficient (Wildman–Crippen LogP) is 7.73. The van der Waals surface area contributed by atoms with Crippen LogP contribution in [-0.2, 0) is 17.8 Å². The van der Waals surface area contributed by atoms with Gasteiger partial charge < -0.3 is 14.6 Å². The van der Waals surface area contributed by atoms with Gasteiger partial charge >= 0.3 is 5.97 Å². The zero-order valence-electron chi connectivity index (χ0n) is 25.2. The van der Waals surface area contributed by atoms with Crippen LogP contribution in [0.2, 0.25) is 0 Å². The van der Waals surface area contributed by atoms with Gasteiger partial charge in [-0.25, -0.2) is 4.79 Å². The summed E-state index contributed by atoms with van der Waals surface area (Å²) in [5, 5.41) is 13.0. The predicted molar refractivity (Wildman–Crippen MR) is 170 cm³/mol. The van der Waals surface area contributed by atoms with E-state index < -0.39 is 5.60 Å². The van der Waals surface area contributed by atoms with Crippen LogP contribution in [-0.4, -0.2) is 22.0 Å². The van der Waals surface area contributed by atoms with Crippen LogP contribution in [0, 0.1) is 25.2 Å². The molecule has 0 aliphatic carbocycles. The molecule has 1 N–H and O–H groups in total. The van der Waals surface area contributed by atoms with Crippen LogP contribution in [0.3, 0.4) is 0 Å². The van der Waals surface area contributed by atoms with Gasteiger partial charge in [-0.1, -0.05) is 54.6 Å². The van der Waals surface area contributed by atoms with E-state index in [0.29, 0.717) is 29.8 Å². The maximum Gasteiger partial charge on any atom is 0.339 e. The van der Waals surface area contributed by atoms with Crippen molar-refractivity contribution in [2.75, 3.05) is 0 Å². The van der Waals surface area contributed by atoms with E-state index in [9.17, 15) is 9.59 Å². The highest BCUT2D eigenvalue weighted by Crippen LogP contribution is 2.29. The van der Waals surface area contributed by atoms with Crippen LogP contribution >= 0.6 is 0 Å². The zero-order valence-corrected chi connectivity index (χ0v) is 25.2. The monoisotopic (exact) mass is 569 g/mol. The van der Waals surface area contributed by atoms with Crippen LogP contribution in [0.4, 0.5) is 0 Å². The molecule has 43 heavy (non-hydrogen) atoms. The number of ether oxygens (including phenoxy) is 1. The van der Waals surface area contributed by atoms with Gasteiger partial charge in [-0.2, -0.15) is 5.26 Å². The van der Waals surface area contributed by atoms with Crippen LogP contribution in [0.25, 0.3) is 22.0 Å². The highest BCUT2D eigenvalue weighted by atomic mass is 16.6. The number of nitrogens with zero attached hydrogens (tertiary/aromatic N) is 2. The van der Waals surface area contributed by atoms with E-state index in [0.717, 1.165) is 44.4 Å². The maximum atomic E-state index is 13.0. The van der Waals surface area contributed by atoms with Crippen molar-refractivity contribution < 1.29 is 14.3 Å². The smallest absolute Gasteiger partial charge is 0.339 e. The molecular weight excluding hydrogens is 534 g/mol. The van der Waals surface area contributed by atoms with E-state index in [2.05, 4.69) is 41.9 Å². The first-order chi connectivity index (χ1) is 20.5. The first-order valence-electron chi connectivity index (χ1n) is 14.3. The summed E-state index contributed by atoms with van der Waals surface area (Å²) in [6, 6.07) is 30.9. The third-order valence-corrected chi connectivity index (χ3v) is 7.59. The second kappa shape index (κ2) is 12.0. The number of hydrogen-bond donors (Lipinski definition) is 1. The molecule has 0 radical (unpaired) electrons. The highest BCUT2D eigenvalue weighted by molar-refractivity contribution is 5.99. The molecule has 0 bridgehead atoms. The molecule has 1 heterocycles. The molecule has 0 aliphatic rings. The van der Waals surface area contributed by atoms with Crippen LogP contribution < -0.4 is 5.32 Å². The Hall–Kier alpha value is -5.15. The Bertz CT molecular complexity index is 1850. The number of nitrogens with one attached hydrogen (secondary N) is 1. The lowest BCUT2D eigenvalue weighted by Crippen LogP contribution is -2.24. The number of carbonyl (C=O) groups excluding carboxylic acids is 2. The van der Waals surface area contributed by atoms with E-state index in [4.69, 9.17) is 10.00 Å². The molecule has 4 aromatic carbocycles. The SMILES string of the molecule is Cc1c(C)n(Cc2ccc(-c3ccccc3C(=O)OC(C)(C)C)cc2)c2ccc(C(=O)NCc3ccc(C#N)cc3)cc12. The summed E-state index contributed by atoms with van der Waals surface area (Å²) in [5.74, 6) is -0.474. The first kappa shape index (κ1) is 29.3. The summed E-state index contributed by atoms with van der Waals surface area (Å²) in [7, 11) is 0. The van der Waals surface area contributed by atoms with Gasteiger partial charge in [0.25, 0.3) is 5.91 Å². The summed E-state index contributed by atoms with van der Waals surface area (Å²) in [4.78, 5) is 25.8. The molecule has 0 atom stereocenters. The number of aromatic nitrogens is 1. The standard InChI is InChI=1S/C37H35N3O3/c1-24-25(2)40(34-19-18-30(20-33(24)34)35(41)39-22-27-12-10-26(21-38)11-13-27)23-28-14-16-29(17-15-28)31-8-6-7-9-32(31)36(42)43-37(3,4)5/h6-20H,22-23H2,1-5H3,(H,39,41). The molecule has 1 aromatic heterocycles. The van der Waals surface area contributed by atoms with Gasteiger partial charge in [0.15, 0.2) is 0 Å². The van der Waals surface area contributed by atoms with E-state index in [1.807, 2.05) is 81.4 Å². The first-order valence-corrected chi connectivity index (χ1v) is 14.3. The molecule has 0 aliphatic heterocycles. The fourth-order valence-electron chi connectivity index (χ4n) is 5.19. The summed E-state index contributed by atoms with van der Waals surface area (Å²) in [6.07, 6.45) is 0. The second-order valence-corrected chi connectivity index (χ2v) is 11.8. The highest BCUT2D eigenvalue weighted by Gasteiger charge is 2.21. The lowest BCUT2D eigenvalue weighted by atomic mass is 9.98. The van der Waals surface area contributed by atoms with Crippen molar-refractivity contribution in [2.45, 2.75) is 53.3 Å². The van der Waals surface area contributed by atoms with E-state index in [1.165, 1.54) is 0 Å². The Labute approximate surface area is 252 Å². The van der Waals surface area contributed by atoms with Crippen molar-refractivity contribution >= 4 is 22.8 Å². The largest absolute Gasteiger partial charge is 0.456 e. The Kier molecular flexibility index (Phi) is 8.18. The Morgan fingerprint density at radius 1 is 0.884 bits per heavy atom. The van der Waals surface area contributed by atoms with Gasteiger partial charge in [-0.05, 0) is 98.8 Å². The third kappa shape index (κ3) is 6.52. The lowest BCUT2D eigenvalue weighted by Gasteiger charge is -2.20. The molecule has 0 spiro atoms. The van der Waals surface area contributed by atoms with E-state index in [-0.39, 0.29) is 11.9 Å². The van der Waals surface area contributed by atoms with Gasteiger partial charge in [0.05, 0.1) is 17.2 Å². The molecule has 0 fully saturated rings. The minimum Gasteiger partial charge on any atom is -0.456 e. The average Bonchev–Trinajstić information content (AvgIpc) is 3.23. The van der Waals surface area contributed by atoms with Crippen molar-refractivity contribution in [1.29, 1.82) is 5.26 Å². The van der Waals surface area contributed by atoms with Gasteiger partial charge in [0.2, 0.25) is 0 Å². The summed E-state index contributed by atoms with van der Waals surface area (Å²) >= 11 is 0. The zero-order chi connectivity index (χ0) is 30.7. The topological polar surface area (TPSA) is 84.1 Å². The number of rotatable bonds is 7. The number of amides is 1. The number of esters is 1. The second-order valence-electron chi connectivity index (χ2n) is 11.8. The van der Waals surface area contributed by atoms with Crippen molar-refractivity contribution in [3.05, 3.63) is 130 Å². The fraction of sp³-hybridized carbons (Fsp3) is 0.216. The quantitative estimate of drug-likeness (QED) is 0.203. The average molecular weight is 570 g/mol. The van der Waals surface area contributed by atoms with Crippen LogP contribution in [0.1, 0.15) is 69.4 Å². The molecule has 0 unspecified atom stereocenters. The number of benzene rings is 4. The van der Waals surface area contributed by atoms with Crippen molar-refractivity contribution in [2.24, 2.45) is 0 Å². The molecule has 0 saturated carbocycles. The fourth-order valence-corrected chi connectivity index (χ4v) is 5.19. The van der Waals surface area contributed by atoms with Crippen LogP contribution in [0.15, 0.2) is 91.0 Å². The van der Waals surface area contributed by atoms with Crippen molar-refractivity contribution in [1.82, 2.24) is 9.88 Å².